The lowest BCUT2D eigenvalue weighted by atomic mass is 9.93. The molecule has 0 radical (unpaired) electrons. The molecule has 0 unspecified atom stereocenters. The highest BCUT2D eigenvalue weighted by Crippen LogP contribution is 2.29. The van der Waals surface area contributed by atoms with E-state index in [1.54, 1.807) is 11.3 Å². The van der Waals surface area contributed by atoms with Gasteiger partial charge in [0.1, 0.15) is 0 Å². The Balaban J connectivity index is 1.66. The van der Waals surface area contributed by atoms with Gasteiger partial charge in [0.2, 0.25) is 0 Å². The maximum absolute atomic E-state index is 12.5. The smallest absolute Gasteiger partial charge is 0.261 e. The molecule has 1 atom stereocenters. The molecule has 1 N–H and O–H groups in total. The van der Waals surface area contributed by atoms with E-state index in [-0.39, 0.29) is 5.91 Å². The number of rotatable bonds is 3. The van der Waals surface area contributed by atoms with E-state index in [4.69, 9.17) is 0 Å². The van der Waals surface area contributed by atoms with Crippen LogP contribution in [0.3, 0.4) is 0 Å². The van der Waals surface area contributed by atoms with E-state index in [9.17, 15) is 4.79 Å². The lowest BCUT2D eigenvalue weighted by Gasteiger charge is -2.32. The van der Waals surface area contributed by atoms with Gasteiger partial charge in [-0.15, -0.1) is 11.3 Å². The molecule has 0 aromatic carbocycles. The number of thiophene rings is 1. The number of carbonyl (C=O) groups is 1. The SMILES string of the molecule is CCN1CCC[C@H](NC(=O)c2scc3c2CCCC3)C1. The lowest BCUT2D eigenvalue weighted by molar-refractivity contribution is 0.0909. The normalized spacial score (nSPS) is 23.4. The Morgan fingerprint density at radius 1 is 1.40 bits per heavy atom. The Bertz CT molecular complexity index is 483. The molecule has 0 saturated carbocycles. The largest absolute Gasteiger partial charge is 0.347 e. The highest BCUT2D eigenvalue weighted by molar-refractivity contribution is 7.12. The van der Waals surface area contributed by atoms with Crippen LogP contribution in [0.4, 0.5) is 0 Å². The van der Waals surface area contributed by atoms with E-state index < -0.39 is 0 Å². The van der Waals surface area contributed by atoms with E-state index in [2.05, 4.69) is 22.5 Å². The van der Waals surface area contributed by atoms with E-state index >= 15 is 0 Å². The average molecular weight is 292 g/mol. The standard InChI is InChI=1S/C16H24N2OS/c1-2-18-9-5-7-13(10-18)17-16(19)15-14-8-4-3-6-12(14)11-20-15/h11,13H,2-10H2,1H3,(H,17,19)/t13-/m0/s1. The predicted octanol–water partition coefficient (Wildman–Crippen LogP) is 2.84. The van der Waals surface area contributed by atoms with Crippen LogP contribution in [0.15, 0.2) is 5.38 Å². The molecule has 1 aliphatic carbocycles. The summed E-state index contributed by atoms with van der Waals surface area (Å²) in [7, 11) is 0. The fourth-order valence-corrected chi connectivity index (χ4v) is 4.48. The van der Waals surface area contributed by atoms with Gasteiger partial charge in [-0.05, 0) is 68.1 Å². The van der Waals surface area contributed by atoms with Crippen molar-refractivity contribution in [1.29, 1.82) is 0 Å². The van der Waals surface area contributed by atoms with E-state index in [0.717, 1.165) is 37.2 Å². The zero-order chi connectivity index (χ0) is 13.9. The third kappa shape index (κ3) is 2.91. The molecule has 1 aromatic rings. The van der Waals surface area contributed by atoms with Gasteiger partial charge < -0.3 is 10.2 Å². The molecule has 1 fully saturated rings. The quantitative estimate of drug-likeness (QED) is 0.929. The number of fused-ring (bicyclic) bond motifs is 1. The predicted molar refractivity (Wildman–Crippen MR) is 83.6 cm³/mol. The van der Waals surface area contributed by atoms with Crippen molar-refractivity contribution in [1.82, 2.24) is 10.2 Å². The Kier molecular flexibility index (Phi) is 4.41. The first-order chi connectivity index (χ1) is 9.78. The third-order valence-corrected chi connectivity index (χ3v) is 5.67. The van der Waals surface area contributed by atoms with Crippen LogP contribution in [0.25, 0.3) is 0 Å². The van der Waals surface area contributed by atoms with Crippen molar-refractivity contribution in [2.75, 3.05) is 19.6 Å². The van der Waals surface area contributed by atoms with Crippen LogP contribution in [-0.2, 0) is 12.8 Å². The van der Waals surface area contributed by atoms with Gasteiger partial charge in [-0.1, -0.05) is 6.92 Å². The van der Waals surface area contributed by atoms with Gasteiger partial charge in [0, 0.05) is 12.6 Å². The molecule has 0 spiro atoms. The number of hydrogen-bond donors (Lipinski definition) is 1. The highest BCUT2D eigenvalue weighted by Gasteiger charge is 2.24. The molecule has 1 aliphatic heterocycles. The summed E-state index contributed by atoms with van der Waals surface area (Å²) in [5.74, 6) is 0.168. The Labute approximate surface area is 125 Å². The zero-order valence-electron chi connectivity index (χ0n) is 12.3. The molecule has 1 saturated heterocycles. The second-order valence-corrected chi connectivity index (χ2v) is 6.86. The summed E-state index contributed by atoms with van der Waals surface area (Å²) in [4.78, 5) is 15.9. The van der Waals surface area contributed by atoms with Crippen LogP contribution in [0.1, 0.15) is 53.4 Å². The number of piperidine rings is 1. The van der Waals surface area contributed by atoms with Crippen LogP contribution in [-0.4, -0.2) is 36.5 Å². The van der Waals surface area contributed by atoms with Crippen molar-refractivity contribution in [3.63, 3.8) is 0 Å². The molecular weight excluding hydrogens is 268 g/mol. The molecule has 1 amide bonds. The maximum Gasteiger partial charge on any atom is 0.261 e. The first kappa shape index (κ1) is 14.1. The number of amides is 1. The summed E-state index contributed by atoms with van der Waals surface area (Å²) < 4.78 is 0. The molecule has 0 bridgehead atoms. The minimum absolute atomic E-state index is 0.168. The number of nitrogens with zero attached hydrogens (tertiary/aromatic N) is 1. The topological polar surface area (TPSA) is 32.3 Å². The Hall–Kier alpha value is -0.870. The van der Waals surface area contributed by atoms with Crippen molar-refractivity contribution in [2.45, 2.75) is 51.5 Å². The average Bonchev–Trinajstić information content (AvgIpc) is 2.91. The van der Waals surface area contributed by atoms with Gasteiger partial charge in [-0.25, -0.2) is 0 Å². The van der Waals surface area contributed by atoms with Crippen LogP contribution in [0.2, 0.25) is 0 Å². The Morgan fingerprint density at radius 2 is 2.25 bits per heavy atom. The lowest BCUT2D eigenvalue weighted by Crippen LogP contribution is -2.47. The number of carbonyl (C=O) groups excluding carboxylic acids is 1. The van der Waals surface area contributed by atoms with E-state index in [1.807, 2.05) is 0 Å². The summed E-state index contributed by atoms with van der Waals surface area (Å²) in [6.07, 6.45) is 7.08. The molecule has 1 aromatic heterocycles. The van der Waals surface area contributed by atoms with Gasteiger partial charge in [0.05, 0.1) is 4.88 Å². The number of nitrogens with one attached hydrogen (secondary N) is 1. The second kappa shape index (κ2) is 6.27. The molecule has 4 heteroatoms. The molecule has 2 heterocycles. The molecule has 20 heavy (non-hydrogen) atoms. The summed E-state index contributed by atoms with van der Waals surface area (Å²) in [6.45, 7) is 5.47. The Morgan fingerprint density at radius 3 is 3.10 bits per heavy atom. The van der Waals surface area contributed by atoms with Gasteiger partial charge in [0.15, 0.2) is 0 Å². The number of likely N-dealkylation sites (N-methyl/N-ethyl adjacent to an activating group) is 1. The number of likely N-dealkylation sites (tertiary alicyclic amines) is 1. The van der Waals surface area contributed by atoms with Gasteiger partial charge in [-0.2, -0.15) is 0 Å². The molecule has 110 valence electrons. The van der Waals surface area contributed by atoms with Crippen LogP contribution >= 0.6 is 11.3 Å². The summed E-state index contributed by atoms with van der Waals surface area (Å²) in [6, 6.07) is 0.331. The van der Waals surface area contributed by atoms with Crippen molar-refractivity contribution in [2.24, 2.45) is 0 Å². The van der Waals surface area contributed by atoms with Crippen molar-refractivity contribution in [3.05, 3.63) is 21.4 Å². The van der Waals surface area contributed by atoms with Gasteiger partial charge in [0.25, 0.3) is 5.91 Å². The van der Waals surface area contributed by atoms with Crippen molar-refractivity contribution in [3.8, 4) is 0 Å². The molecule has 3 rings (SSSR count). The monoisotopic (exact) mass is 292 g/mol. The highest BCUT2D eigenvalue weighted by atomic mass is 32.1. The van der Waals surface area contributed by atoms with Crippen LogP contribution in [0, 0.1) is 0 Å². The molecule has 2 aliphatic rings. The minimum Gasteiger partial charge on any atom is -0.347 e. The second-order valence-electron chi connectivity index (χ2n) is 5.98. The fraction of sp³-hybridized carbons (Fsp3) is 0.688. The van der Waals surface area contributed by atoms with Gasteiger partial charge in [-0.3, -0.25) is 4.79 Å². The van der Waals surface area contributed by atoms with Gasteiger partial charge >= 0.3 is 0 Å². The van der Waals surface area contributed by atoms with Crippen LogP contribution in [0.5, 0.6) is 0 Å². The minimum atomic E-state index is 0.168. The third-order valence-electron chi connectivity index (χ3n) is 4.60. The first-order valence-corrected chi connectivity index (χ1v) is 8.78. The zero-order valence-corrected chi connectivity index (χ0v) is 13.1. The summed E-state index contributed by atoms with van der Waals surface area (Å²) in [5, 5.41) is 5.46. The van der Waals surface area contributed by atoms with Crippen molar-refractivity contribution < 1.29 is 4.79 Å². The molecular formula is C16H24N2OS. The van der Waals surface area contributed by atoms with E-state index in [0.29, 0.717) is 6.04 Å². The van der Waals surface area contributed by atoms with Crippen molar-refractivity contribution >= 4 is 17.2 Å². The number of aryl methyl sites for hydroxylation is 1. The van der Waals surface area contributed by atoms with E-state index in [1.165, 1.54) is 36.9 Å². The van der Waals surface area contributed by atoms with Crippen LogP contribution < -0.4 is 5.32 Å². The fourth-order valence-electron chi connectivity index (χ4n) is 3.42. The first-order valence-electron chi connectivity index (χ1n) is 7.90. The number of hydrogen-bond acceptors (Lipinski definition) is 3. The summed E-state index contributed by atoms with van der Waals surface area (Å²) in [5.41, 5.74) is 2.76. The maximum atomic E-state index is 12.5. The summed E-state index contributed by atoms with van der Waals surface area (Å²) >= 11 is 1.64. The molecule has 3 nitrogen and oxygen atoms in total.